The van der Waals surface area contributed by atoms with Crippen LogP contribution in [0.3, 0.4) is 0 Å². The molecule has 3 N–H and O–H groups in total. The largest absolute Gasteiger partial charge is 0.496 e. The number of nitrogen functional groups attached to an aromatic ring is 1. The third kappa shape index (κ3) is 4.39. The van der Waals surface area contributed by atoms with E-state index in [1.54, 1.807) is 12.1 Å². The summed E-state index contributed by atoms with van der Waals surface area (Å²) in [5, 5.41) is 19.1. The van der Waals surface area contributed by atoms with Crippen LogP contribution in [0.1, 0.15) is 35.1 Å². The molecule has 0 saturated carbocycles. The van der Waals surface area contributed by atoms with E-state index < -0.39 is 5.91 Å². The number of hydrogen-bond acceptors (Lipinski definition) is 11. The van der Waals surface area contributed by atoms with Crippen molar-refractivity contribution in [3.63, 3.8) is 0 Å². The average Bonchev–Trinajstić information content (AvgIpc) is 3.39. The summed E-state index contributed by atoms with van der Waals surface area (Å²) in [6.45, 7) is 1.95. The van der Waals surface area contributed by atoms with Gasteiger partial charge >= 0.3 is 0 Å². The molecule has 0 aliphatic heterocycles. The molecule has 0 atom stereocenters. The van der Waals surface area contributed by atoms with Crippen LogP contribution >= 0.6 is 0 Å². The maximum absolute atomic E-state index is 12.7. The fraction of sp³-hybridized carbons (Fsp3) is 0.333. The third-order valence-corrected chi connectivity index (χ3v) is 4.27. The number of methoxy groups -OCH3 is 3. The number of hydrazone groups is 1. The van der Waals surface area contributed by atoms with Crippen LogP contribution in [-0.4, -0.2) is 58.8 Å². The van der Waals surface area contributed by atoms with Gasteiger partial charge in [-0.3, -0.25) is 4.79 Å². The van der Waals surface area contributed by atoms with E-state index in [1.165, 1.54) is 32.2 Å². The van der Waals surface area contributed by atoms with Gasteiger partial charge < -0.3 is 19.9 Å². The van der Waals surface area contributed by atoms with E-state index in [4.69, 9.17) is 19.9 Å². The van der Waals surface area contributed by atoms with Crippen molar-refractivity contribution in [2.24, 2.45) is 5.10 Å². The number of benzene rings is 1. The maximum Gasteiger partial charge on any atom is 0.293 e. The van der Waals surface area contributed by atoms with Gasteiger partial charge in [0.25, 0.3) is 5.91 Å². The Bertz CT molecular complexity index is 1090. The number of aromatic nitrogens is 5. The van der Waals surface area contributed by atoms with Gasteiger partial charge in [-0.1, -0.05) is 18.6 Å². The number of nitrogens with two attached hydrogens (primary N) is 1. The number of amides is 1. The molecule has 3 rings (SSSR count). The van der Waals surface area contributed by atoms with Crippen LogP contribution in [0.5, 0.6) is 17.2 Å². The number of carbonyl (C=O) groups is 1. The SMILES string of the molecule is CCCc1c(C(=O)N/N=C\c2cc(OC)c(OC)cc2OC)nnn1-c1nonc1N. The van der Waals surface area contributed by atoms with Crippen molar-refractivity contribution in [2.45, 2.75) is 19.8 Å². The van der Waals surface area contributed by atoms with Gasteiger partial charge in [0, 0.05) is 11.6 Å². The summed E-state index contributed by atoms with van der Waals surface area (Å²) in [6, 6.07) is 3.33. The van der Waals surface area contributed by atoms with Crippen LogP contribution in [0.4, 0.5) is 5.82 Å². The Labute approximate surface area is 177 Å². The molecule has 2 aromatic heterocycles. The van der Waals surface area contributed by atoms with Gasteiger partial charge in [0.1, 0.15) is 5.75 Å². The van der Waals surface area contributed by atoms with Gasteiger partial charge in [0.05, 0.1) is 33.2 Å². The number of nitrogens with one attached hydrogen (secondary N) is 1. The molecule has 0 fully saturated rings. The highest BCUT2D eigenvalue weighted by molar-refractivity contribution is 5.94. The molecule has 0 aliphatic rings. The number of ether oxygens (including phenoxy) is 3. The molecule has 1 aromatic carbocycles. The molecule has 0 radical (unpaired) electrons. The molecule has 31 heavy (non-hydrogen) atoms. The number of rotatable bonds is 9. The summed E-state index contributed by atoms with van der Waals surface area (Å²) in [6.07, 6.45) is 2.64. The molecule has 0 saturated heterocycles. The molecule has 2 heterocycles. The van der Waals surface area contributed by atoms with Crippen LogP contribution in [-0.2, 0) is 6.42 Å². The molecule has 0 bridgehead atoms. The summed E-state index contributed by atoms with van der Waals surface area (Å²) < 4.78 is 21.8. The first-order chi connectivity index (χ1) is 15.0. The lowest BCUT2D eigenvalue weighted by atomic mass is 10.2. The van der Waals surface area contributed by atoms with Gasteiger partial charge in [-0.05, 0) is 22.8 Å². The fourth-order valence-corrected chi connectivity index (χ4v) is 2.81. The Morgan fingerprint density at radius 3 is 2.52 bits per heavy atom. The second-order valence-corrected chi connectivity index (χ2v) is 6.17. The second kappa shape index (κ2) is 9.56. The zero-order valence-electron chi connectivity index (χ0n) is 17.4. The maximum atomic E-state index is 12.7. The summed E-state index contributed by atoms with van der Waals surface area (Å²) in [5.74, 6) is 1.12. The predicted molar refractivity (Wildman–Crippen MR) is 109 cm³/mol. The van der Waals surface area contributed by atoms with E-state index in [-0.39, 0.29) is 17.3 Å². The van der Waals surface area contributed by atoms with Crippen molar-refractivity contribution in [3.05, 3.63) is 29.1 Å². The third-order valence-electron chi connectivity index (χ3n) is 4.27. The van der Waals surface area contributed by atoms with Gasteiger partial charge in [-0.2, -0.15) is 9.78 Å². The minimum Gasteiger partial charge on any atom is -0.496 e. The predicted octanol–water partition coefficient (Wildman–Crippen LogP) is 0.975. The van der Waals surface area contributed by atoms with E-state index in [2.05, 4.69) is 35.8 Å². The Morgan fingerprint density at radius 1 is 1.19 bits per heavy atom. The highest BCUT2D eigenvalue weighted by Gasteiger charge is 2.23. The molecule has 1 amide bonds. The van der Waals surface area contributed by atoms with Gasteiger partial charge in [-0.25, -0.2) is 10.1 Å². The van der Waals surface area contributed by atoms with Crippen molar-refractivity contribution in [3.8, 4) is 23.1 Å². The summed E-state index contributed by atoms with van der Waals surface area (Å²) >= 11 is 0. The van der Waals surface area contributed by atoms with E-state index in [1.807, 2.05) is 6.92 Å². The first-order valence-electron chi connectivity index (χ1n) is 9.20. The molecule has 164 valence electrons. The van der Waals surface area contributed by atoms with Crippen LogP contribution in [0.25, 0.3) is 5.82 Å². The molecule has 0 unspecified atom stereocenters. The van der Waals surface area contributed by atoms with E-state index in [0.29, 0.717) is 34.9 Å². The highest BCUT2D eigenvalue weighted by atomic mass is 16.6. The van der Waals surface area contributed by atoms with Crippen LogP contribution < -0.4 is 25.4 Å². The van der Waals surface area contributed by atoms with Gasteiger partial charge in [-0.15, -0.1) is 5.10 Å². The standard InChI is InChI=1S/C18H22N8O5/c1-5-6-11-15(21-25-26(11)17-16(19)23-31-24-17)18(27)22-20-9-10-7-13(29-3)14(30-4)8-12(10)28-2/h7-9H,5-6H2,1-4H3,(H2,19,23)(H,22,27)/b20-9-. The molecular weight excluding hydrogens is 408 g/mol. The van der Waals surface area contributed by atoms with Crippen LogP contribution in [0.2, 0.25) is 0 Å². The van der Waals surface area contributed by atoms with E-state index >= 15 is 0 Å². The van der Waals surface area contributed by atoms with Crippen molar-refractivity contribution in [1.82, 2.24) is 30.7 Å². The lowest BCUT2D eigenvalue weighted by Gasteiger charge is -2.11. The monoisotopic (exact) mass is 430 g/mol. The molecule has 0 aliphatic carbocycles. The van der Waals surface area contributed by atoms with Crippen molar-refractivity contribution in [2.75, 3.05) is 27.1 Å². The molecular formula is C18H22N8O5. The Hall–Kier alpha value is -4.16. The smallest absolute Gasteiger partial charge is 0.293 e. The summed E-state index contributed by atoms with van der Waals surface area (Å²) in [4.78, 5) is 12.7. The lowest BCUT2D eigenvalue weighted by molar-refractivity contribution is 0.0949. The zero-order chi connectivity index (χ0) is 22.4. The van der Waals surface area contributed by atoms with Gasteiger partial charge in [0.2, 0.25) is 11.6 Å². The zero-order valence-corrected chi connectivity index (χ0v) is 17.4. The van der Waals surface area contributed by atoms with E-state index in [9.17, 15) is 4.79 Å². The lowest BCUT2D eigenvalue weighted by Crippen LogP contribution is -2.20. The topological polar surface area (TPSA) is 165 Å². The average molecular weight is 430 g/mol. The summed E-state index contributed by atoms with van der Waals surface area (Å²) in [7, 11) is 4.55. The number of hydrogen-bond donors (Lipinski definition) is 2. The van der Waals surface area contributed by atoms with Crippen LogP contribution in [0.15, 0.2) is 21.9 Å². The first-order valence-corrected chi connectivity index (χ1v) is 9.20. The highest BCUT2D eigenvalue weighted by Crippen LogP contribution is 2.33. The van der Waals surface area contributed by atoms with Crippen molar-refractivity contribution < 1.29 is 23.6 Å². The second-order valence-electron chi connectivity index (χ2n) is 6.17. The quantitative estimate of drug-likeness (QED) is 0.369. The van der Waals surface area contributed by atoms with E-state index in [0.717, 1.165) is 6.42 Å². The van der Waals surface area contributed by atoms with Crippen molar-refractivity contribution >= 4 is 17.9 Å². The van der Waals surface area contributed by atoms with Gasteiger partial charge in [0.15, 0.2) is 17.2 Å². The fourth-order valence-electron chi connectivity index (χ4n) is 2.81. The summed E-state index contributed by atoms with van der Waals surface area (Å²) in [5.41, 5.74) is 9.32. The Kier molecular flexibility index (Phi) is 6.64. The van der Waals surface area contributed by atoms with Crippen LogP contribution in [0, 0.1) is 0 Å². The molecule has 0 spiro atoms. The number of anilines is 1. The molecule has 3 aromatic rings. The number of nitrogens with zero attached hydrogens (tertiary/aromatic N) is 6. The Morgan fingerprint density at radius 2 is 1.90 bits per heavy atom. The minimum absolute atomic E-state index is 0.0350. The minimum atomic E-state index is -0.555. The molecule has 13 nitrogen and oxygen atoms in total. The van der Waals surface area contributed by atoms with Crippen molar-refractivity contribution in [1.29, 1.82) is 0 Å². The Balaban J connectivity index is 1.84. The number of carbonyl (C=O) groups excluding carboxylic acids is 1. The first kappa shape index (κ1) is 21.5. The molecule has 13 heteroatoms. The normalized spacial score (nSPS) is 11.0.